The topological polar surface area (TPSA) is 96.2 Å². The van der Waals surface area contributed by atoms with Gasteiger partial charge in [0, 0.05) is 17.0 Å². The lowest BCUT2D eigenvalue weighted by Gasteiger charge is -2.24. The number of rotatable bonds is 7. The molecule has 190 valence electrons. The van der Waals surface area contributed by atoms with Crippen LogP contribution < -0.4 is 24.4 Å². The highest BCUT2D eigenvalue weighted by atomic mass is 79.9. The molecule has 3 aromatic rings. The number of carbonyl (C=O) groups is 2. The molecular weight excluding hydrogens is 560 g/mol. The predicted molar refractivity (Wildman–Crippen MR) is 143 cm³/mol. The molecule has 1 aliphatic heterocycles. The van der Waals surface area contributed by atoms with Crippen molar-refractivity contribution >= 4 is 45.3 Å². The Morgan fingerprint density at radius 2 is 1.95 bits per heavy atom. The highest BCUT2D eigenvalue weighted by molar-refractivity contribution is 9.10. The highest BCUT2D eigenvalue weighted by Crippen LogP contribution is 2.32. The van der Waals surface area contributed by atoms with Crippen LogP contribution in [0.2, 0.25) is 0 Å². The summed E-state index contributed by atoms with van der Waals surface area (Å²) in [5.41, 5.74) is 1.59. The molecule has 1 aromatic heterocycles. The number of nitrogens with zero attached hydrogens (tertiary/aromatic N) is 2. The van der Waals surface area contributed by atoms with E-state index in [2.05, 4.69) is 27.5 Å². The van der Waals surface area contributed by atoms with Crippen molar-refractivity contribution in [1.29, 1.82) is 0 Å². The Morgan fingerprint density at radius 3 is 2.59 bits per heavy atom. The van der Waals surface area contributed by atoms with Gasteiger partial charge in [-0.3, -0.25) is 14.2 Å². The van der Waals surface area contributed by atoms with Crippen LogP contribution in [0.3, 0.4) is 0 Å². The van der Waals surface area contributed by atoms with Crippen molar-refractivity contribution in [2.75, 3.05) is 13.7 Å². The Balaban J connectivity index is 1.94. The summed E-state index contributed by atoms with van der Waals surface area (Å²) >= 11 is 4.60. The number of methoxy groups -OCH3 is 1. The van der Waals surface area contributed by atoms with Crippen LogP contribution in [0.1, 0.15) is 31.0 Å². The van der Waals surface area contributed by atoms with Crippen LogP contribution in [0.25, 0.3) is 6.08 Å². The van der Waals surface area contributed by atoms with Crippen LogP contribution in [0.15, 0.2) is 80.6 Å². The van der Waals surface area contributed by atoms with Crippen molar-refractivity contribution in [3.05, 3.63) is 102 Å². The highest BCUT2D eigenvalue weighted by Gasteiger charge is 2.33. The lowest BCUT2D eigenvalue weighted by atomic mass is 9.96. The molecule has 0 saturated carbocycles. The summed E-state index contributed by atoms with van der Waals surface area (Å²) in [6.07, 6.45) is 3.12. The number of allylic oxidation sites excluding steroid dienone is 1. The average Bonchev–Trinajstić information content (AvgIpc) is 3.17. The zero-order valence-electron chi connectivity index (χ0n) is 20.3. The summed E-state index contributed by atoms with van der Waals surface area (Å²) in [4.78, 5) is 43.5. The average molecular weight is 583 g/mol. The molecule has 0 N–H and O–H groups in total. The number of carbonyl (C=O) groups excluding carboxylic acids is 2. The maximum absolute atomic E-state index is 13.8. The summed E-state index contributed by atoms with van der Waals surface area (Å²) in [5.74, 6) is -0.102. The van der Waals surface area contributed by atoms with Gasteiger partial charge in [0.15, 0.2) is 4.80 Å². The smallest absolute Gasteiger partial charge is 0.338 e. The molecule has 1 atom stereocenters. The van der Waals surface area contributed by atoms with E-state index in [0.717, 1.165) is 4.47 Å². The second-order valence-electron chi connectivity index (χ2n) is 8.02. The van der Waals surface area contributed by atoms with E-state index in [0.29, 0.717) is 37.7 Å². The van der Waals surface area contributed by atoms with Crippen LogP contribution in [0.4, 0.5) is 0 Å². The van der Waals surface area contributed by atoms with Crippen LogP contribution in [0, 0.1) is 0 Å². The van der Waals surface area contributed by atoms with Gasteiger partial charge in [-0.05, 0) is 48.9 Å². The molecule has 0 saturated heterocycles. The summed E-state index contributed by atoms with van der Waals surface area (Å²) in [7, 11) is 1.56. The fraction of sp³-hybridized carbons (Fsp3) is 0.185. The van der Waals surface area contributed by atoms with E-state index in [-0.39, 0.29) is 17.7 Å². The van der Waals surface area contributed by atoms with Gasteiger partial charge in [0.2, 0.25) is 0 Å². The summed E-state index contributed by atoms with van der Waals surface area (Å²) in [5, 5.41) is 0. The Bertz CT molecular complexity index is 1600. The van der Waals surface area contributed by atoms with E-state index in [1.165, 1.54) is 28.9 Å². The lowest BCUT2D eigenvalue weighted by molar-refractivity contribution is -0.138. The molecule has 4 rings (SSSR count). The first-order valence-electron chi connectivity index (χ1n) is 11.2. The van der Waals surface area contributed by atoms with Gasteiger partial charge in [0.25, 0.3) is 5.56 Å². The molecule has 37 heavy (non-hydrogen) atoms. The van der Waals surface area contributed by atoms with Gasteiger partial charge in [-0.15, -0.1) is 0 Å². The zero-order valence-corrected chi connectivity index (χ0v) is 22.7. The third kappa shape index (κ3) is 5.50. The molecule has 0 aliphatic carbocycles. The van der Waals surface area contributed by atoms with Gasteiger partial charge in [-0.2, -0.15) is 0 Å². The number of halogens is 1. The van der Waals surface area contributed by atoms with E-state index in [1.807, 2.05) is 0 Å². The monoisotopic (exact) mass is 582 g/mol. The molecule has 0 radical (unpaired) electrons. The molecule has 0 unspecified atom stereocenters. The molecule has 1 aliphatic rings. The van der Waals surface area contributed by atoms with Gasteiger partial charge in [0.05, 0.1) is 29.0 Å². The van der Waals surface area contributed by atoms with Gasteiger partial charge in [-0.25, -0.2) is 9.79 Å². The quantitative estimate of drug-likeness (QED) is 0.240. The van der Waals surface area contributed by atoms with Crippen LogP contribution in [0.5, 0.6) is 11.5 Å². The third-order valence-corrected chi connectivity index (χ3v) is 6.99. The van der Waals surface area contributed by atoms with E-state index in [4.69, 9.17) is 14.2 Å². The molecular formula is C27H23BrN2O6S. The van der Waals surface area contributed by atoms with E-state index < -0.39 is 18.0 Å². The summed E-state index contributed by atoms with van der Waals surface area (Å²) in [6.45, 7) is 6.64. The van der Waals surface area contributed by atoms with Gasteiger partial charge < -0.3 is 14.2 Å². The third-order valence-electron chi connectivity index (χ3n) is 5.52. The van der Waals surface area contributed by atoms with Crippen molar-refractivity contribution in [2.24, 2.45) is 4.99 Å². The van der Waals surface area contributed by atoms with Crippen molar-refractivity contribution in [1.82, 2.24) is 4.57 Å². The molecule has 2 aromatic carbocycles. The van der Waals surface area contributed by atoms with Gasteiger partial charge in [0.1, 0.15) is 18.1 Å². The molecule has 2 heterocycles. The van der Waals surface area contributed by atoms with Gasteiger partial charge >= 0.3 is 11.9 Å². The largest absolute Gasteiger partial charge is 0.497 e. The maximum Gasteiger partial charge on any atom is 0.338 e. The van der Waals surface area contributed by atoms with Crippen LogP contribution in [-0.2, 0) is 14.3 Å². The minimum Gasteiger partial charge on any atom is -0.497 e. The Labute approximate surface area is 225 Å². The number of hydrogen-bond acceptors (Lipinski definition) is 8. The fourth-order valence-corrected chi connectivity index (χ4v) is 5.33. The Morgan fingerprint density at radius 1 is 1.22 bits per heavy atom. The number of aromatic nitrogens is 1. The van der Waals surface area contributed by atoms with Crippen molar-refractivity contribution in [3.8, 4) is 11.5 Å². The van der Waals surface area contributed by atoms with E-state index >= 15 is 0 Å². The van der Waals surface area contributed by atoms with Crippen molar-refractivity contribution in [2.45, 2.75) is 19.9 Å². The van der Waals surface area contributed by atoms with E-state index in [9.17, 15) is 14.4 Å². The standard InChI is InChI=1S/C27H23BrN2O6S/c1-5-12-35-26(33)23-15(2)29-27-30(24(23)17-6-9-20(34-4)10-7-17)25(32)22(37-27)14-18-13-19(28)8-11-21(18)36-16(3)31/h5-11,13-14,24H,1,12H2,2-4H3/b22-14-/t24-/m0/s1. The Kier molecular flexibility index (Phi) is 7.89. The number of ether oxygens (including phenoxy) is 3. The first kappa shape index (κ1) is 26.3. The normalized spacial score (nSPS) is 15.0. The number of esters is 2. The molecule has 8 nitrogen and oxygen atoms in total. The molecule has 0 spiro atoms. The maximum atomic E-state index is 13.8. The minimum atomic E-state index is -0.767. The summed E-state index contributed by atoms with van der Waals surface area (Å²) in [6, 6.07) is 11.5. The van der Waals surface area contributed by atoms with Gasteiger partial charge in [-0.1, -0.05) is 52.1 Å². The number of thiazole rings is 1. The van der Waals surface area contributed by atoms with Crippen LogP contribution in [-0.4, -0.2) is 30.2 Å². The van der Waals surface area contributed by atoms with Crippen molar-refractivity contribution < 1.29 is 23.8 Å². The number of fused-ring (bicyclic) bond motifs is 1. The first-order chi connectivity index (χ1) is 17.7. The second-order valence-corrected chi connectivity index (χ2v) is 9.94. The van der Waals surface area contributed by atoms with Crippen molar-refractivity contribution in [3.63, 3.8) is 0 Å². The number of benzene rings is 2. The number of hydrogen-bond donors (Lipinski definition) is 0. The molecule has 0 bridgehead atoms. The predicted octanol–water partition coefficient (Wildman–Crippen LogP) is 3.66. The molecule has 10 heteroatoms. The fourth-order valence-electron chi connectivity index (χ4n) is 3.92. The SMILES string of the molecule is C=CCOC(=O)C1=C(C)N=c2s/c(=C\c3cc(Br)ccc3OC(C)=O)c(=O)n2[C@H]1c1ccc(OC)cc1. The lowest BCUT2D eigenvalue weighted by Crippen LogP contribution is -2.39. The second kappa shape index (κ2) is 11.1. The zero-order chi connectivity index (χ0) is 26.7. The first-order valence-corrected chi connectivity index (χ1v) is 12.8. The summed E-state index contributed by atoms with van der Waals surface area (Å²) < 4.78 is 18.5. The molecule has 0 fully saturated rings. The van der Waals surface area contributed by atoms with Crippen LogP contribution >= 0.6 is 27.3 Å². The minimum absolute atomic E-state index is 0.0250. The Hall–Kier alpha value is -3.76. The molecule has 0 amide bonds. The van der Waals surface area contributed by atoms with E-state index in [1.54, 1.807) is 62.6 Å².